The first-order chi connectivity index (χ1) is 11.2. The van der Waals surface area contributed by atoms with Gasteiger partial charge in [0.1, 0.15) is 11.3 Å². The van der Waals surface area contributed by atoms with Crippen LogP contribution in [0.1, 0.15) is 48.1 Å². The second-order valence-electron chi connectivity index (χ2n) is 6.65. The van der Waals surface area contributed by atoms with Crippen molar-refractivity contribution in [3.8, 4) is 0 Å². The standard InChI is InChI=1S/C18H22N2O4/c1-11-16(12(2)24-20-11)17(22)23-10-15(21)19-14-8-6-13(7-9-14)18(3,4)5/h6-9H,10H2,1-5H3,(H,19,21). The summed E-state index contributed by atoms with van der Waals surface area (Å²) in [4.78, 5) is 23.9. The fourth-order valence-corrected chi connectivity index (χ4v) is 2.23. The van der Waals surface area contributed by atoms with Crippen LogP contribution >= 0.6 is 0 Å². The number of hydrogen-bond donors (Lipinski definition) is 1. The van der Waals surface area contributed by atoms with E-state index in [1.165, 1.54) is 5.56 Å². The van der Waals surface area contributed by atoms with Gasteiger partial charge >= 0.3 is 5.97 Å². The highest BCUT2D eigenvalue weighted by Crippen LogP contribution is 2.23. The van der Waals surface area contributed by atoms with E-state index in [0.29, 0.717) is 17.1 Å². The van der Waals surface area contributed by atoms with Crippen molar-refractivity contribution in [1.29, 1.82) is 0 Å². The summed E-state index contributed by atoms with van der Waals surface area (Å²) in [6.45, 7) is 9.25. The lowest BCUT2D eigenvalue weighted by Crippen LogP contribution is -2.21. The summed E-state index contributed by atoms with van der Waals surface area (Å²) < 4.78 is 9.92. The van der Waals surface area contributed by atoms with Gasteiger partial charge in [0, 0.05) is 5.69 Å². The Kier molecular flexibility index (Phi) is 5.07. The van der Waals surface area contributed by atoms with Crippen molar-refractivity contribution in [3.05, 3.63) is 46.8 Å². The number of anilines is 1. The summed E-state index contributed by atoms with van der Waals surface area (Å²) in [6, 6.07) is 7.58. The molecule has 0 aliphatic rings. The molecule has 1 N–H and O–H groups in total. The Morgan fingerprint density at radius 3 is 2.29 bits per heavy atom. The number of rotatable bonds is 4. The molecule has 0 aliphatic heterocycles. The van der Waals surface area contributed by atoms with Crippen LogP contribution in [0.2, 0.25) is 0 Å². The minimum atomic E-state index is -0.621. The van der Waals surface area contributed by atoms with Crippen LogP contribution in [0, 0.1) is 13.8 Å². The molecule has 0 spiro atoms. The number of aromatic nitrogens is 1. The number of ether oxygens (including phenoxy) is 1. The largest absolute Gasteiger partial charge is 0.452 e. The molecule has 0 saturated heterocycles. The van der Waals surface area contributed by atoms with Gasteiger partial charge in [-0.2, -0.15) is 0 Å². The monoisotopic (exact) mass is 330 g/mol. The third-order valence-electron chi connectivity index (χ3n) is 3.61. The molecule has 0 unspecified atom stereocenters. The number of nitrogens with one attached hydrogen (secondary N) is 1. The normalized spacial score (nSPS) is 11.2. The number of carbonyl (C=O) groups excluding carboxylic acids is 2. The summed E-state index contributed by atoms with van der Waals surface area (Å²) >= 11 is 0. The van der Waals surface area contributed by atoms with Gasteiger partial charge in [0.15, 0.2) is 6.61 Å². The fraction of sp³-hybridized carbons (Fsp3) is 0.389. The van der Waals surface area contributed by atoms with E-state index in [2.05, 4.69) is 31.2 Å². The van der Waals surface area contributed by atoms with Gasteiger partial charge in [0.2, 0.25) is 0 Å². The maximum atomic E-state index is 12.0. The molecule has 1 amide bonds. The van der Waals surface area contributed by atoms with Gasteiger partial charge in [0.05, 0.1) is 5.69 Å². The Labute approximate surface area is 141 Å². The zero-order valence-corrected chi connectivity index (χ0v) is 14.6. The average molecular weight is 330 g/mol. The average Bonchev–Trinajstić information content (AvgIpc) is 2.83. The molecular formula is C18H22N2O4. The smallest absolute Gasteiger partial charge is 0.344 e. The van der Waals surface area contributed by atoms with Crippen molar-refractivity contribution in [3.63, 3.8) is 0 Å². The Bertz CT molecular complexity index is 720. The first kappa shape index (κ1) is 17.7. The molecule has 0 radical (unpaired) electrons. The van der Waals surface area contributed by atoms with Crippen molar-refractivity contribution >= 4 is 17.6 Å². The summed E-state index contributed by atoms with van der Waals surface area (Å²) in [7, 11) is 0. The number of benzene rings is 1. The lowest BCUT2D eigenvalue weighted by atomic mass is 9.87. The Balaban J connectivity index is 1.91. The SMILES string of the molecule is Cc1noc(C)c1C(=O)OCC(=O)Nc1ccc(C(C)(C)C)cc1. The van der Waals surface area contributed by atoms with Crippen LogP contribution in [0.3, 0.4) is 0 Å². The molecule has 6 nitrogen and oxygen atoms in total. The van der Waals surface area contributed by atoms with Crippen molar-refractivity contribution in [2.24, 2.45) is 0 Å². The number of aryl methyl sites for hydroxylation is 2. The molecule has 1 heterocycles. The predicted molar refractivity (Wildman–Crippen MR) is 90.0 cm³/mol. The third-order valence-corrected chi connectivity index (χ3v) is 3.61. The Morgan fingerprint density at radius 1 is 1.17 bits per heavy atom. The molecule has 0 aliphatic carbocycles. The molecule has 1 aromatic carbocycles. The molecule has 0 fully saturated rings. The molecule has 0 atom stereocenters. The number of nitrogens with zero attached hydrogens (tertiary/aromatic N) is 1. The first-order valence-electron chi connectivity index (χ1n) is 7.69. The van der Waals surface area contributed by atoms with Gasteiger partial charge in [-0.15, -0.1) is 0 Å². The molecule has 2 aromatic rings. The molecular weight excluding hydrogens is 308 g/mol. The van der Waals surface area contributed by atoms with Gasteiger partial charge in [-0.3, -0.25) is 4.79 Å². The van der Waals surface area contributed by atoms with E-state index in [4.69, 9.17) is 9.26 Å². The van der Waals surface area contributed by atoms with Gasteiger partial charge in [-0.1, -0.05) is 38.1 Å². The minimum Gasteiger partial charge on any atom is -0.452 e. The van der Waals surface area contributed by atoms with E-state index in [1.54, 1.807) is 13.8 Å². The number of hydrogen-bond acceptors (Lipinski definition) is 5. The van der Waals surface area contributed by atoms with Gasteiger partial charge in [0.25, 0.3) is 5.91 Å². The molecule has 0 bridgehead atoms. The van der Waals surface area contributed by atoms with Crippen LogP contribution in [0.5, 0.6) is 0 Å². The van der Waals surface area contributed by atoms with Crippen LogP contribution in [0.25, 0.3) is 0 Å². The van der Waals surface area contributed by atoms with Crippen LogP contribution in [-0.2, 0) is 14.9 Å². The zero-order valence-electron chi connectivity index (χ0n) is 14.6. The highest BCUT2D eigenvalue weighted by atomic mass is 16.5. The molecule has 128 valence electrons. The molecule has 1 aromatic heterocycles. The second kappa shape index (κ2) is 6.86. The van der Waals surface area contributed by atoms with Gasteiger partial charge in [-0.25, -0.2) is 4.79 Å². The van der Waals surface area contributed by atoms with Crippen LogP contribution in [0.15, 0.2) is 28.8 Å². The lowest BCUT2D eigenvalue weighted by Gasteiger charge is -2.19. The van der Waals surface area contributed by atoms with E-state index >= 15 is 0 Å². The number of esters is 1. The molecule has 6 heteroatoms. The third kappa shape index (κ3) is 4.22. The molecule has 24 heavy (non-hydrogen) atoms. The Morgan fingerprint density at radius 2 is 1.79 bits per heavy atom. The van der Waals surface area contributed by atoms with Crippen LogP contribution in [-0.4, -0.2) is 23.6 Å². The van der Waals surface area contributed by atoms with E-state index < -0.39 is 11.9 Å². The topological polar surface area (TPSA) is 81.4 Å². The maximum absolute atomic E-state index is 12.0. The maximum Gasteiger partial charge on any atom is 0.344 e. The van der Waals surface area contributed by atoms with Crippen molar-refractivity contribution in [1.82, 2.24) is 5.16 Å². The minimum absolute atomic E-state index is 0.0480. The number of carbonyl (C=O) groups is 2. The van der Waals surface area contributed by atoms with Crippen molar-refractivity contribution in [2.45, 2.75) is 40.0 Å². The summed E-state index contributed by atoms with van der Waals surface area (Å²) in [6.07, 6.45) is 0. The highest BCUT2D eigenvalue weighted by Gasteiger charge is 2.20. The van der Waals surface area contributed by atoms with E-state index in [-0.39, 0.29) is 17.6 Å². The van der Waals surface area contributed by atoms with Crippen molar-refractivity contribution in [2.75, 3.05) is 11.9 Å². The molecule has 2 rings (SSSR count). The van der Waals surface area contributed by atoms with E-state index in [1.807, 2.05) is 24.3 Å². The lowest BCUT2D eigenvalue weighted by molar-refractivity contribution is -0.119. The number of amides is 1. The summed E-state index contributed by atoms with van der Waals surface area (Å²) in [5.41, 5.74) is 2.58. The first-order valence-corrected chi connectivity index (χ1v) is 7.69. The van der Waals surface area contributed by atoms with E-state index in [9.17, 15) is 9.59 Å². The summed E-state index contributed by atoms with van der Waals surface area (Å²) in [5, 5.41) is 6.38. The second-order valence-corrected chi connectivity index (χ2v) is 6.65. The quantitative estimate of drug-likeness (QED) is 0.869. The van der Waals surface area contributed by atoms with Crippen molar-refractivity contribution < 1.29 is 18.8 Å². The van der Waals surface area contributed by atoms with Crippen LogP contribution < -0.4 is 5.32 Å². The van der Waals surface area contributed by atoms with E-state index in [0.717, 1.165) is 0 Å². The predicted octanol–water partition coefficient (Wildman–Crippen LogP) is 3.38. The van der Waals surface area contributed by atoms with Gasteiger partial charge < -0.3 is 14.6 Å². The molecule has 0 saturated carbocycles. The zero-order chi connectivity index (χ0) is 17.9. The highest BCUT2D eigenvalue weighted by molar-refractivity contribution is 5.96. The van der Waals surface area contributed by atoms with Crippen LogP contribution in [0.4, 0.5) is 5.69 Å². The summed E-state index contributed by atoms with van der Waals surface area (Å²) in [5.74, 6) is -0.654. The fourth-order valence-electron chi connectivity index (χ4n) is 2.23. The Hall–Kier alpha value is -2.63. The van der Waals surface area contributed by atoms with Gasteiger partial charge in [-0.05, 0) is 37.0 Å².